The maximum Gasteiger partial charge on any atom is 0.217 e. The molecule has 15 heavy (non-hydrogen) atoms. The van der Waals surface area contributed by atoms with Gasteiger partial charge in [-0.15, -0.1) is 0 Å². The number of carbonyl (C=O) groups excluding carboxylic acids is 1. The van der Waals surface area contributed by atoms with Crippen LogP contribution in [0.15, 0.2) is 0 Å². The van der Waals surface area contributed by atoms with E-state index in [0.29, 0.717) is 6.04 Å². The zero-order chi connectivity index (χ0) is 10.7. The van der Waals surface area contributed by atoms with Crippen LogP contribution in [0, 0.1) is 0 Å². The molecule has 1 heterocycles. The van der Waals surface area contributed by atoms with Crippen LogP contribution in [0.3, 0.4) is 0 Å². The highest BCUT2D eigenvalue weighted by Crippen LogP contribution is 2.26. The monoisotopic (exact) mass is 210 g/mol. The number of piperidine rings is 1. The molecule has 3 nitrogen and oxygen atoms in total. The van der Waals surface area contributed by atoms with Crippen molar-refractivity contribution in [1.29, 1.82) is 0 Å². The van der Waals surface area contributed by atoms with Crippen molar-refractivity contribution in [2.45, 2.75) is 57.5 Å². The third-order valence-corrected chi connectivity index (χ3v) is 3.70. The third kappa shape index (κ3) is 2.94. The first-order valence-corrected chi connectivity index (χ1v) is 6.27. The lowest BCUT2D eigenvalue weighted by Gasteiger charge is -2.36. The van der Waals surface area contributed by atoms with E-state index in [9.17, 15) is 4.79 Å². The van der Waals surface area contributed by atoms with Gasteiger partial charge in [-0.25, -0.2) is 0 Å². The van der Waals surface area contributed by atoms with Crippen molar-refractivity contribution in [3.63, 3.8) is 0 Å². The molecule has 1 N–H and O–H groups in total. The highest BCUT2D eigenvalue weighted by molar-refractivity contribution is 5.73. The molecule has 1 aliphatic carbocycles. The van der Waals surface area contributed by atoms with Gasteiger partial charge in [0.15, 0.2) is 0 Å². The van der Waals surface area contributed by atoms with Crippen LogP contribution in [0.2, 0.25) is 0 Å². The fraction of sp³-hybridized carbons (Fsp3) is 0.917. The fourth-order valence-corrected chi connectivity index (χ4v) is 3.01. The van der Waals surface area contributed by atoms with Crippen LogP contribution in [-0.2, 0) is 4.79 Å². The van der Waals surface area contributed by atoms with Gasteiger partial charge in [-0.05, 0) is 32.2 Å². The SMILES string of the molecule is CC(=O)NC1CCCN(C2CCCC2)C1. The number of hydrogen-bond donors (Lipinski definition) is 1. The van der Waals surface area contributed by atoms with Gasteiger partial charge in [-0.1, -0.05) is 12.8 Å². The molecule has 0 aromatic rings. The van der Waals surface area contributed by atoms with Crippen molar-refractivity contribution in [2.24, 2.45) is 0 Å². The van der Waals surface area contributed by atoms with Crippen molar-refractivity contribution >= 4 is 5.91 Å². The summed E-state index contributed by atoms with van der Waals surface area (Å²) in [7, 11) is 0. The molecule has 1 atom stereocenters. The summed E-state index contributed by atoms with van der Waals surface area (Å²) in [6.45, 7) is 3.93. The standard InChI is InChI=1S/C12H22N2O/c1-10(15)13-11-5-4-8-14(9-11)12-6-2-3-7-12/h11-12H,2-9H2,1H3,(H,13,15). The Morgan fingerprint density at radius 1 is 1.20 bits per heavy atom. The minimum absolute atomic E-state index is 0.119. The second-order valence-electron chi connectivity index (χ2n) is 4.97. The fourth-order valence-electron chi connectivity index (χ4n) is 3.01. The van der Waals surface area contributed by atoms with E-state index in [1.807, 2.05) is 0 Å². The molecular weight excluding hydrogens is 188 g/mol. The van der Waals surface area contributed by atoms with Gasteiger partial charge in [0.25, 0.3) is 0 Å². The average Bonchev–Trinajstić information content (AvgIpc) is 2.69. The smallest absolute Gasteiger partial charge is 0.217 e. The molecule has 0 bridgehead atoms. The summed E-state index contributed by atoms with van der Waals surface area (Å²) in [6, 6.07) is 1.21. The largest absolute Gasteiger partial charge is 0.352 e. The van der Waals surface area contributed by atoms with Gasteiger partial charge in [0.2, 0.25) is 5.91 Å². The van der Waals surface area contributed by atoms with E-state index in [2.05, 4.69) is 10.2 Å². The number of carbonyl (C=O) groups is 1. The molecule has 1 amide bonds. The van der Waals surface area contributed by atoms with Gasteiger partial charge in [0.1, 0.15) is 0 Å². The molecule has 0 radical (unpaired) electrons. The summed E-state index contributed by atoms with van der Waals surface area (Å²) in [6.07, 6.45) is 7.92. The van der Waals surface area contributed by atoms with E-state index >= 15 is 0 Å². The van der Waals surface area contributed by atoms with Crippen molar-refractivity contribution in [3.8, 4) is 0 Å². The molecule has 0 aromatic heterocycles. The molecule has 0 aromatic carbocycles. The van der Waals surface area contributed by atoms with Crippen molar-refractivity contribution < 1.29 is 4.79 Å². The molecule has 2 rings (SSSR count). The number of amides is 1. The van der Waals surface area contributed by atoms with E-state index in [1.54, 1.807) is 6.92 Å². The zero-order valence-electron chi connectivity index (χ0n) is 9.67. The molecule has 3 heteroatoms. The third-order valence-electron chi connectivity index (χ3n) is 3.70. The Morgan fingerprint density at radius 3 is 2.60 bits per heavy atom. The predicted octanol–water partition coefficient (Wildman–Crippen LogP) is 1.53. The first-order valence-electron chi connectivity index (χ1n) is 6.27. The Bertz CT molecular complexity index is 224. The Kier molecular flexibility index (Phi) is 3.62. The van der Waals surface area contributed by atoms with Crippen LogP contribution in [0.1, 0.15) is 45.4 Å². The lowest BCUT2D eigenvalue weighted by atomic mass is 10.0. The molecule has 1 saturated heterocycles. The van der Waals surface area contributed by atoms with Crippen LogP contribution in [0.4, 0.5) is 0 Å². The zero-order valence-corrected chi connectivity index (χ0v) is 9.67. The van der Waals surface area contributed by atoms with Crippen LogP contribution in [0.25, 0.3) is 0 Å². The topological polar surface area (TPSA) is 32.3 Å². The van der Waals surface area contributed by atoms with Gasteiger partial charge >= 0.3 is 0 Å². The lowest BCUT2D eigenvalue weighted by Crippen LogP contribution is -2.50. The normalized spacial score (nSPS) is 29.3. The Morgan fingerprint density at radius 2 is 1.93 bits per heavy atom. The predicted molar refractivity (Wildman–Crippen MR) is 60.7 cm³/mol. The van der Waals surface area contributed by atoms with Gasteiger partial charge in [-0.3, -0.25) is 9.69 Å². The van der Waals surface area contributed by atoms with E-state index in [1.165, 1.54) is 38.6 Å². The summed E-state index contributed by atoms with van der Waals surface area (Å²) in [5.41, 5.74) is 0. The number of rotatable bonds is 2. The first kappa shape index (κ1) is 10.9. The lowest BCUT2D eigenvalue weighted by molar-refractivity contribution is -0.120. The molecule has 1 aliphatic heterocycles. The van der Waals surface area contributed by atoms with E-state index < -0.39 is 0 Å². The molecule has 1 unspecified atom stereocenters. The number of nitrogens with zero attached hydrogens (tertiary/aromatic N) is 1. The van der Waals surface area contributed by atoms with Crippen LogP contribution in [-0.4, -0.2) is 36.0 Å². The van der Waals surface area contributed by atoms with Gasteiger partial charge < -0.3 is 5.32 Å². The second kappa shape index (κ2) is 4.97. The Hall–Kier alpha value is -0.570. The molecule has 86 valence electrons. The van der Waals surface area contributed by atoms with E-state index in [4.69, 9.17) is 0 Å². The molecule has 2 fully saturated rings. The highest BCUT2D eigenvalue weighted by Gasteiger charge is 2.27. The highest BCUT2D eigenvalue weighted by atomic mass is 16.1. The minimum Gasteiger partial charge on any atom is -0.352 e. The first-order chi connectivity index (χ1) is 7.25. The summed E-state index contributed by atoms with van der Waals surface area (Å²) in [5.74, 6) is 0.119. The summed E-state index contributed by atoms with van der Waals surface area (Å²) in [4.78, 5) is 13.6. The summed E-state index contributed by atoms with van der Waals surface area (Å²) >= 11 is 0. The second-order valence-corrected chi connectivity index (χ2v) is 4.97. The van der Waals surface area contributed by atoms with Gasteiger partial charge in [0.05, 0.1) is 0 Å². The summed E-state index contributed by atoms with van der Waals surface area (Å²) in [5, 5.41) is 3.05. The molecule has 2 aliphatic rings. The van der Waals surface area contributed by atoms with Gasteiger partial charge in [-0.2, -0.15) is 0 Å². The number of likely N-dealkylation sites (tertiary alicyclic amines) is 1. The van der Waals surface area contributed by atoms with E-state index in [0.717, 1.165) is 19.0 Å². The number of nitrogens with one attached hydrogen (secondary N) is 1. The quantitative estimate of drug-likeness (QED) is 0.749. The van der Waals surface area contributed by atoms with E-state index in [-0.39, 0.29) is 5.91 Å². The molecular formula is C12H22N2O. The van der Waals surface area contributed by atoms with Crippen molar-refractivity contribution in [2.75, 3.05) is 13.1 Å². The maximum absolute atomic E-state index is 11.0. The Labute approximate surface area is 92.2 Å². The van der Waals surface area contributed by atoms with Crippen LogP contribution >= 0.6 is 0 Å². The molecule has 1 saturated carbocycles. The van der Waals surface area contributed by atoms with Crippen LogP contribution < -0.4 is 5.32 Å². The molecule has 0 spiro atoms. The van der Waals surface area contributed by atoms with Crippen LogP contribution in [0.5, 0.6) is 0 Å². The maximum atomic E-state index is 11.0. The van der Waals surface area contributed by atoms with Gasteiger partial charge in [0, 0.05) is 25.6 Å². The summed E-state index contributed by atoms with van der Waals surface area (Å²) < 4.78 is 0. The average molecular weight is 210 g/mol. The Balaban J connectivity index is 1.83. The van der Waals surface area contributed by atoms with Crippen molar-refractivity contribution in [3.05, 3.63) is 0 Å². The van der Waals surface area contributed by atoms with Crippen molar-refractivity contribution in [1.82, 2.24) is 10.2 Å². The minimum atomic E-state index is 0.119. The number of hydrogen-bond acceptors (Lipinski definition) is 2.